The summed E-state index contributed by atoms with van der Waals surface area (Å²) in [6.07, 6.45) is 4.01. The highest BCUT2D eigenvalue weighted by Gasteiger charge is 2.13. The van der Waals surface area contributed by atoms with Gasteiger partial charge in [-0.2, -0.15) is 0 Å². The predicted octanol–water partition coefficient (Wildman–Crippen LogP) is 1.50. The fraction of sp³-hybridized carbons (Fsp3) is 0.900. The van der Waals surface area contributed by atoms with Gasteiger partial charge in [0.05, 0.1) is 4.99 Å². The molecule has 3 nitrogen and oxygen atoms in total. The number of hydrogen-bond acceptors (Lipinski definition) is 3. The summed E-state index contributed by atoms with van der Waals surface area (Å²) in [5.41, 5.74) is 5.38. The van der Waals surface area contributed by atoms with Crippen LogP contribution in [0.3, 0.4) is 0 Å². The lowest BCUT2D eigenvalue weighted by atomic mass is 10.0. The zero-order valence-electron chi connectivity index (χ0n) is 8.54. The van der Waals surface area contributed by atoms with E-state index in [1.807, 2.05) is 0 Å². The monoisotopic (exact) mass is 217 g/mol. The third-order valence-corrected chi connectivity index (χ3v) is 2.61. The van der Waals surface area contributed by atoms with Gasteiger partial charge in [-0.3, -0.25) is 0 Å². The molecular formula is C10H19NO2S. The normalized spacial score (nSPS) is 18.3. The second-order valence-electron chi connectivity index (χ2n) is 3.70. The van der Waals surface area contributed by atoms with Crippen molar-refractivity contribution < 1.29 is 9.47 Å². The van der Waals surface area contributed by atoms with Gasteiger partial charge in [-0.15, -0.1) is 0 Å². The highest BCUT2D eigenvalue weighted by Crippen LogP contribution is 2.14. The summed E-state index contributed by atoms with van der Waals surface area (Å²) in [5.74, 6) is 0.688. The number of ether oxygens (including phenoxy) is 2. The molecule has 0 aliphatic carbocycles. The average Bonchev–Trinajstić information content (AvgIpc) is 2.18. The van der Waals surface area contributed by atoms with Crippen LogP contribution >= 0.6 is 12.2 Å². The number of hydrogen-bond donors (Lipinski definition) is 1. The van der Waals surface area contributed by atoms with Crippen LogP contribution in [0.15, 0.2) is 0 Å². The van der Waals surface area contributed by atoms with Crippen LogP contribution < -0.4 is 5.73 Å². The van der Waals surface area contributed by atoms with Gasteiger partial charge in [0.1, 0.15) is 0 Å². The highest BCUT2D eigenvalue weighted by atomic mass is 32.1. The lowest BCUT2D eigenvalue weighted by molar-refractivity contribution is 0.0204. The van der Waals surface area contributed by atoms with Crippen molar-refractivity contribution >= 4 is 17.2 Å². The number of thiocarbonyl (C=S) groups is 1. The molecule has 0 aromatic carbocycles. The Morgan fingerprint density at radius 1 is 1.43 bits per heavy atom. The van der Waals surface area contributed by atoms with Crippen molar-refractivity contribution in [3.05, 3.63) is 0 Å². The molecule has 1 heterocycles. The van der Waals surface area contributed by atoms with Crippen LogP contribution in [0.2, 0.25) is 0 Å². The first-order chi connectivity index (χ1) is 6.79. The first-order valence-corrected chi connectivity index (χ1v) is 5.63. The zero-order valence-corrected chi connectivity index (χ0v) is 9.35. The Morgan fingerprint density at radius 3 is 2.79 bits per heavy atom. The molecule has 0 radical (unpaired) electrons. The molecule has 14 heavy (non-hydrogen) atoms. The van der Waals surface area contributed by atoms with Crippen LogP contribution in [0.1, 0.15) is 25.7 Å². The van der Waals surface area contributed by atoms with E-state index in [-0.39, 0.29) is 0 Å². The van der Waals surface area contributed by atoms with Crippen molar-refractivity contribution in [3.63, 3.8) is 0 Å². The maximum atomic E-state index is 5.55. The van der Waals surface area contributed by atoms with Gasteiger partial charge in [0.15, 0.2) is 0 Å². The first kappa shape index (κ1) is 11.9. The minimum atomic E-state index is 0.583. The van der Waals surface area contributed by atoms with Crippen molar-refractivity contribution in [1.29, 1.82) is 0 Å². The third-order valence-electron chi connectivity index (χ3n) is 2.41. The molecule has 1 fully saturated rings. The molecule has 1 aliphatic heterocycles. The molecule has 1 rings (SSSR count). The third kappa shape index (κ3) is 5.52. The molecular weight excluding hydrogens is 198 g/mol. The molecule has 1 aliphatic rings. The van der Waals surface area contributed by atoms with E-state index in [2.05, 4.69) is 0 Å². The molecule has 82 valence electrons. The summed E-state index contributed by atoms with van der Waals surface area (Å²) < 4.78 is 10.8. The fourth-order valence-corrected chi connectivity index (χ4v) is 1.66. The smallest absolute Gasteiger partial charge is 0.0728 e. The standard InChI is InChI=1S/C10H19NO2S/c11-10(14)2-1-5-13-8-9-3-6-12-7-4-9/h9H,1-8H2,(H2,11,14). The second kappa shape index (κ2) is 7.15. The van der Waals surface area contributed by atoms with Crippen molar-refractivity contribution in [3.8, 4) is 0 Å². The Balaban J connectivity index is 1.90. The van der Waals surface area contributed by atoms with Gasteiger partial charge in [0, 0.05) is 26.4 Å². The largest absolute Gasteiger partial charge is 0.393 e. The van der Waals surface area contributed by atoms with Crippen LogP contribution in [-0.4, -0.2) is 31.4 Å². The zero-order chi connectivity index (χ0) is 10.2. The summed E-state index contributed by atoms with van der Waals surface area (Å²) >= 11 is 4.78. The lowest BCUT2D eigenvalue weighted by Crippen LogP contribution is -2.20. The molecule has 0 bridgehead atoms. The second-order valence-corrected chi connectivity index (χ2v) is 4.22. The van der Waals surface area contributed by atoms with Crippen molar-refractivity contribution in [2.24, 2.45) is 11.7 Å². The Hall–Kier alpha value is -0.190. The summed E-state index contributed by atoms with van der Waals surface area (Å²) in [7, 11) is 0. The van der Waals surface area contributed by atoms with E-state index in [9.17, 15) is 0 Å². The summed E-state index contributed by atoms with van der Waals surface area (Å²) in [6, 6.07) is 0. The first-order valence-electron chi connectivity index (χ1n) is 5.23. The molecule has 0 aromatic rings. The number of rotatable bonds is 6. The fourth-order valence-electron chi connectivity index (χ4n) is 1.51. The van der Waals surface area contributed by atoms with Crippen LogP contribution in [-0.2, 0) is 9.47 Å². The Morgan fingerprint density at radius 2 is 2.14 bits per heavy atom. The Labute approximate surface area is 90.9 Å². The summed E-state index contributed by atoms with van der Waals surface area (Å²) in [6.45, 7) is 3.41. The van der Waals surface area contributed by atoms with E-state index in [0.29, 0.717) is 10.9 Å². The maximum absolute atomic E-state index is 5.55. The highest BCUT2D eigenvalue weighted by molar-refractivity contribution is 7.80. The lowest BCUT2D eigenvalue weighted by Gasteiger charge is -2.21. The molecule has 1 saturated heterocycles. The maximum Gasteiger partial charge on any atom is 0.0728 e. The van der Waals surface area contributed by atoms with Crippen LogP contribution in [0.4, 0.5) is 0 Å². The van der Waals surface area contributed by atoms with Gasteiger partial charge in [0.25, 0.3) is 0 Å². The Kier molecular flexibility index (Phi) is 6.07. The minimum Gasteiger partial charge on any atom is -0.393 e. The van der Waals surface area contributed by atoms with Crippen molar-refractivity contribution in [2.45, 2.75) is 25.7 Å². The van der Waals surface area contributed by atoms with E-state index in [1.165, 1.54) is 0 Å². The van der Waals surface area contributed by atoms with Gasteiger partial charge in [-0.25, -0.2) is 0 Å². The van der Waals surface area contributed by atoms with E-state index >= 15 is 0 Å². The van der Waals surface area contributed by atoms with Crippen LogP contribution in [0, 0.1) is 5.92 Å². The minimum absolute atomic E-state index is 0.583. The topological polar surface area (TPSA) is 44.5 Å². The quantitative estimate of drug-likeness (QED) is 0.541. The molecule has 0 atom stereocenters. The van der Waals surface area contributed by atoms with E-state index in [0.717, 1.165) is 52.1 Å². The van der Waals surface area contributed by atoms with E-state index in [1.54, 1.807) is 0 Å². The molecule has 0 spiro atoms. The Bertz CT molecular complexity index is 170. The molecule has 0 aromatic heterocycles. The van der Waals surface area contributed by atoms with Crippen molar-refractivity contribution in [2.75, 3.05) is 26.4 Å². The van der Waals surface area contributed by atoms with Crippen molar-refractivity contribution in [1.82, 2.24) is 0 Å². The molecule has 0 amide bonds. The summed E-state index contributed by atoms with van der Waals surface area (Å²) in [4.78, 5) is 0.583. The van der Waals surface area contributed by atoms with Gasteiger partial charge >= 0.3 is 0 Å². The predicted molar refractivity (Wildman–Crippen MR) is 60.4 cm³/mol. The van der Waals surface area contributed by atoms with E-state index < -0.39 is 0 Å². The molecule has 0 unspecified atom stereocenters. The average molecular weight is 217 g/mol. The molecule has 0 saturated carbocycles. The van der Waals surface area contributed by atoms with Crippen LogP contribution in [0.5, 0.6) is 0 Å². The SMILES string of the molecule is NC(=S)CCCOCC1CCOCC1. The van der Waals surface area contributed by atoms with Gasteiger partial charge in [0.2, 0.25) is 0 Å². The van der Waals surface area contributed by atoms with Gasteiger partial charge in [-0.05, 0) is 31.6 Å². The van der Waals surface area contributed by atoms with Crippen LogP contribution in [0.25, 0.3) is 0 Å². The van der Waals surface area contributed by atoms with Gasteiger partial charge in [-0.1, -0.05) is 12.2 Å². The summed E-state index contributed by atoms with van der Waals surface area (Å²) in [5, 5.41) is 0. The number of nitrogens with two attached hydrogens (primary N) is 1. The van der Waals surface area contributed by atoms with E-state index in [4.69, 9.17) is 27.4 Å². The molecule has 4 heteroatoms. The molecule has 2 N–H and O–H groups in total. The van der Waals surface area contributed by atoms with Gasteiger partial charge < -0.3 is 15.2 Å².